The van der Waals surface area contributed by atoms with E-state index in [1.165, 1.54) is 11.3 Å². The number of thiazole rings is 1. The second kappa shape index (κ2) is 5.55. The Labute approximate surface area is 147 Å². The molecule has 1 N–H and O–H groups in total. The molecule has 8 nitrogen and oxygen atoms in total. The number of carbonyl (C=O) groups is 2. The standard InChI is InChI=1S/C16H15N5O3S/c1-8-14(25-16-19-18-9(2)21(8)16)15(23)17-10-4-5-11-12(6-10)24-7-13(22)20(11)3/h4-6H,7H2,1-3H3,(H,17,23). The van der Waals surface area contributed by atoms with Gasteiger partial charge in [-0.25, -0.2) is 0 Å². The summed E-state index contributed by atoms with van der Waals surface area (Å²) in [4.78, 5) is 27.1. The van der Waals surface area contributed by atoms with Gasteiger partial charge < -0.3 is 15.0 Å². The van der Waals surface area contributed by atoms with Crippen LogP contribution in [0.4, 0.5) is 11.4 Å². The van der Waals surface area contributed by atoms with E-state index in [1.54, 1.807) is 30.1 Å². The highest BCUT2D eigenvalue weighted by Gasteiger charge is 2.23. The quantitative estimate of drug-likeness (QED) is 0.758. The Morgan fingerprint density at radius 1 is 1.32 bits per heavy atom. The Balaban J connectivity index is 1.62. The summed E-state index contributed by atoms with van der Waals surface area (Å²) in [6, 6.07) is 5.22. The molecule has 3 heterocycles. The third-order valence-corrected chi connectivity index (χ3v) is 5.29. The Kier molecular flexibility index (Phi) is 3.46. The van der Waals surface area contributed by atoms with Gasteiger partial charge in [-0.3, -0.25) is 14.0 Å². The van der Waals surface area contributed by atoms with E-state index in [1.807, 2.05) is 18.2 Å². The fraction of sp³-hybridized carbons (Fsp3) is 0.250. The first-order valence-corrected chi connectivity index (χ1v) is 8.43. The highest BCUT2D eigenvalue weighted by Crippen LogP contribution is 2.34. The van der Waals surface area contributed by atoms with Crippen molar-refractivity contribution in [3.05, 3.63) is 34.6 Å². The molecular weight excluding hydrogens is 342 g/mol. The van der Waals surface area contributed by atoms with Crippen LogP contribution in [0.2, 0.25) is 0 Å². The van der Waals surface area contributed by atoms with Crippen molar-refractivity contribution in [2.75, 3.05) is 23.9 Å². The number of benzene rings is 1. The van der Waals surface area contributed by atoms with Crippen LogP contribution in [0.1, 0.15) is 21.2 Å². The van der Waals surface area contributed by atoms with E-state index in [0.29, 0.717) is 27.0 Å². The van der Waals surface area contributed by atoms with Crippen molar-refractivity contribution >= 4 is 39.5 Å². The number of hydrogen-bond acceptors (Lipinski definition) is 6. The number of hydrogen-bond donors (Lipinski definition) is 1. The zero-order valence-electron chi connectivity index (χ0n) is 13.9. The second-order valence-electron chi connectivity index (χ2n) is 5.76. The third-order valence-electron chi connectivity index (χ3n) is 4.16. The average Bonchev–Trinajstić information content (AvgIpc) is 3.12. The monoisotopic (exact) mass is 357 g/mol. The first kappa shape index (κ1) is 15.6. The van der Waals surface area contributed by atoms with Crippen LogP contribution in [0.5, 0.6) is 5.75 Å². The lowest BCUT2D eigenvalue weighted by Crippen LogP contribution is -2.35. The Morgan fingerprint density at radius 2 is 2.12 bits per heavy atom. The van der Waals surface area contributed by atoms with Gasteiger partial charge in [-0.2, -0.15) is 0 Å². The molecule has 2 amide bonds. The molecule has 25 heavy (non-hydrogen) atoms. The molecule has 0 aliphatic carbocycles. The molecule has 0 fully saturated rings. The van der Waals surface area contributed by atoms with Crippen LogP contribution in [0.15, 0.2) is 18.2 Å². The van der Waals surface area contributed by atoms with Gasteiger partial charge in [0.2, 0.25) is 4.96 Å². The van der Waals surface area contributed by atoms with E-state index in [0.717, 1.165) is 11.5 Å². The minimum absolute atomic E-state index is 0.00555. The van der Waals surface area contributed by atoms with E-state index in [2.05, 4.69) is 15.5 Å². The number of ether oxygens (including phenoxy) is 1. The molecule has 4 rings (SSSR count). The SMILES string of the molecule is Cc1nnc2sc(C(=O)Nc3ccc4c(c3)OCC(=O)N4C)c(C)n12. The summed E-state index contributed by atoms with van der Waals surface area (Å²) in [5.74, 6) is 0.994. The number of likely N-dealkylation sites (N-methyl/N-ethyl adjacent to an activating group) is 1. The summed E-state index contributed by atoms with van der Waals surface area (Å²) >= 11 is 1.29. The van der Waals surface area contributed by atoms with Crippen LogP contribution in [-0.4, -0.2) is 40.1 Å². The number of fused-ring (bicyclic) bond motifs is 2. The van der Waals surface area contributed by atoms with Gasteiger partial charge in [0.05, 0.1) is 5.69 Å². The van der Waals surface area contributed by atoms with Crippen LogP contribution < -0.4 is 15.0 Å². The molecule has 0 spiro atoms. The molecule has 1 aliphatic rings. The summed E-state index contributed by atoms with van der Waals surface area (Å²) in [6.07, 6.45) is 0. The topological polar surface area (TPSA) is 88.8 Å². The average molecular weight is 357 g/mol. The van der Waals surface area contributed by atoms with Crippen LogP contribution in [0.3, 0.4) is 0 Å². The predicted octanol–water partition coefficient (Wildman–Crippen LogP) is 2.02. The maximum Gasteiger partial charge on any atom is 0.267 e. The normalized spacial score (nSPS) is 13.7. The van der Waals surface area contributed by atoms with Crippen molar-refractivity contribution < 1.29 is 14.3 Å². The van der Waals surface area contributed by atoms with Crippen molar-refractivity contribution in [3.63, 3.8) is 0 Å². The molecule has 9 heteroatoms. The smallest absolute Gasteiger partial charge is 0.267 e. The van der Waals surface area contributed by atoms with Gasteiger partial charge >= 0.3 is 0 Å². The highest BCUT2D eigenvalue weighted by atomic mass is 32.1. The highest BCUT2D eigenvalue weighted by molar-refractivity contribution is 7.19. The number of nitrogens with one attached hydrogen (secondary N) is 1. The number of aromatic nitrogens is 3. The van der Waals surface area contributed by atoms with Crippen LogP contribution in [0, 0.1) is 13.8 Å². The van der Waals surface area contributed by atoms with Crippen LogP contribution in [0.25, 0.3) is 4.96 Å². The molecule has 0 saturated carbocycles. The van der Waals surface area contributed by atoms with E-state index in [4.69, 9.17) is 4.74 Å². The van der Waals surface area contributed by atoms with Gasteiger partial charge in [-0.05, 0) is 26.0 Å². The summed E-state index contributed by atoms with van der Waals surface area (Å²) in [7, 11) is 1.70. The first-order chi connectivity index (χ1) is 12.0. The maximum absolute atomic E-state index is 12.6. The van der Waals surface area contributed by atoms with Crippen LogP contribution in [-0.2, 0) is 4.79 Å². The van der Waals surface area contributed by atoms with Crippen molar-refractivity contribution in [3.8, 4) is 5.75 Å². The van der Waals surface area contributed by atoms with Crippen molar-refractivity contribution in [1.29, 1.82) is 0 Å². The van der Waals surface area contributed by atoms with Gasteiger partial charge in [0.15, 0.2) is 6.61 Å². The minimum atomic E-state index is -0.215. The molecule has 0 radical (unpaired) electrons. The number of nitrogens with zero attached hydrogens (tertiary/aromatic N) is 4. The van der Waals surface area contributed by atoms with Crippen molar-refractivity contribution in [1.82, 2.24) is 14.6 Å². The Morgan fingerprint density at radius 3 is 2.88 bits per heavy atom. The summed E-state index contributed by atoms with van der Waals surface area (Å²) < 4.78 is 7.30. The summed E-state index contributed by atoms with van der Waals surface area (Å²) in [5, 5.41) is 10.9. The zero-order valence-corrected chi connectivity index (χ0v) is 14.7. The fourth-order valence-electron chi connectivity index (χ4n) is 2.82. The van der Waals surface area contributed by atoms with Gasteiger partial charge in [0.25, 0.3) is 11.8 Å². The molecule has 0 atom stereocenters. The molecule has 0 saturated heterocycles. The summed E-state index contributed by atoms with van der Waals surface area (Å²) in [5.41, 5.74) is 2.09. The number of carbonyl (C=O) groups excluding carboxylic acids is 2. The third kappa shape index (κ3) is 2.43. The van der Waals surface area contributed by atoms with E-state index < -0.39 is 0 Å². The van der Waals surface area contributed by atoms with Gasteiger partial charge in [-0.1, -0.05) is 11.3 Å². The number of rotatable bonds is 2. The lowest BCUT2D eigenvalue weighted by atomic mass is 10.2. The lowest BCUT2D eigenvalue weighted by molar-refractivity contribution is -0.120. The molecular formula is C16H15N5O3S. The zero-order chi connectivity index (χ0) is 17.7. The Bertz CT molecular complexity index is 1020. The molecule has 128 valence electrons. The predicted molar refractivity (Wildman–Crippen MR) is 93.6 cm³/mol. The molecule has 1 aliphatic heterocycles. The first-order valence-electron chi connectivity index (χ1n) is 7.61. The molecule has 0 bridgehead atoms. The largest absolute Gasteiger partial charge is 0.481 e. The van der Waals surface area contributed by atoms with Crippen LogP contribution >= 0.6 is 11.3 Å². The molecule has 2 aromatic heterocycles. The van der Waals surface area contributed by atoms with Gasteiger partial charge in [0, 0.05) is 24.5 Å². The number of aryl methyl sites for hydroxylation is 2. The van der Waals surface area contributed by atoms with E-state index >= 15 is 0 Å². The van der Waals surface area contributed by atoms with E-state index in [9.17, 15) is 9.59 Å². The molecule has 1 aromatic carbocycles. The Hall–Kier alpha value is -2.94. The minimum Gasteiger partial charge on any atom is -0.481 e. The van der Waals surface area contributed by atoms with E-state index in [-0.39, 0.29) is 18.4 Å². The van der Waals surface area contributed by atoms with Crippen molar-refractivity contribution in [2.24, 2.45) is 0 Å². The molecule has 3 aromatic rings. The van der Waals surface area contributed by atoms with Gasteiger partial charge in [0.1, 0.15) is 16.5 Å². The number of anilines is 2. The fourth-order valence-corrected chi connectivity index (χ4v) is 3.82. The maximum atomic E-state index is 12.6. The lowest BCUT2D eigenvalue weighted by Gasteiger charge is -2.26. The summed E-state index contributed by atoms with van der Waals surface area (Å²) in [6.45, 7) is 3.71. The second-order valence-corrected chi connectivity index (χ2v) is 6.74. The van der Waals surface area contributed by atoms with Crippen molar-refractivity contribution in [2.45, 2.75) is 13.8 Å². The molecule has 0 unspecified atom stereocenters. The number of amides is 2. The van der Waals surface area contributed by atoms with Gasteiger partial charge in [-0.15, -0.1) is 10.2 Å².